The molecule has 0 bridgehead atoms. The third-order valence-corrected chi connectivity index (χ3v) is 9.63. The Morgan fingerprint density at radius 2 is 1.83 bits per heavy atom. The molecule has 0 radical (unpaired) electrons. The van der Waals surface area contributed by atoms with E-state index in [-0.39, 0.29) is 0 Å². The average Bonchev–Trinajstić information content (AvgIpc) is 3.28. The maximum absolute atomic E-state index is 12.6. The summed E-state index contributed by atoms with van der Waals surface area (Å²) in [5.41, 5.74) is 7.01. The van der Waals surface area contributed by atoms with Crippen LogP contribution in [0.2, 0.25) is 0 Å². The van der Waals surface area contributed by atoms with E-state index in [1.54, 1.807) is 0 Å². The van der Waals surface area contributed by atoms with Crippen LogP contribution in [0.3, 0.4) is 0 Å². The molecule has 0 heterocycles. The first-order valence-corrected chi connectivity index (χ1v) is 15.0. The quantitative estimate of drug-likeness (QED) is 0.352. The average molecular weight is 487 g/mol. The SMILES string of the molecule is CC1=C2C=C(C3=C(O)CCCC3)CC(CCC3C=CC=C(CCC(=O)CC4CCCCC4)C3)C2C=C1. The molecule has 5 aliphatic rings. The van der Waals surface area contributed by atoms with Gasteiger partial charge in [0.1, 0.15) is 5.78 Å². The molecule has 3 unspecified atom stereocenters. The van der Waals surface area contributed by atoms with Crippen LogP contribution in [0.5, 0.6) is 0 Å². The van der Waals surface area contributed by atoms with Crippen LogP contribution in [0.15, 0.2) is 70.1 Å². The van der Waals surface area contributed by atoms with Gasteiger partial charge in [0.2, 0.25) is 0 Å². The topological polar surface area (TPSA) is 37.3 Å². The number of ketones is 1. The van der Waals surface area contributed by atoms with E-state index in [2.05, 4.69) is 43.4 Å². The molecule has 2 nitrogen and oxygen atoms in total. The van der Waals surface area contributed by atoms with E-state index < -0.39 is 0 Å². The van der Waals surface area contributed by atoms with Crippen LogP contribution in [0.4, 0.5) is 0 Å². The van der Waals surface area contributed by atoms with Crippen molar-refractivity contribution in [1.82, 2.24) is 0 Å². The summed E-state index contributed by atoms with van der Waals surface area (Å²) in [6.07, 6.45) is 32.0. The number of Topliss-reactive ketones (excluding diaryl/α,β-unsaturated/α-hetero) is 1. The fraction of sp³-hybridized carbons (Fsp3) is 0.618. The van der Waals surface area contributed by atoms with Crippen molar-refractivity contribution < 1.29 is 9.90 Å². The van der Waals surface area contributed by atoms with Gasteiger partial charge in [0, 0.05) is 25.2 Å². The van der Waals surface area contributed by atoms with Crippen LogP contribution in [0, 0.1) is 23.7 Å². The molecule has 36 heavy (non-hydrogen) atoms. The number of aliphatic hydroxyl groups excluding tert-OH is 1. The van der Waals surface area contributed by atoms with Gasteiger partial charge < -0.3 is 5.11 Å². The van der Waals surface area contributed by atoms with Gasteiger partial charge >= 0.3 is 0 Å². The third-order valence-electron chi connectivity index (χ3n) is 9.63. The molecule has 1 saturated carbocycles. The summed E-state index contributed by atoms with van der Waals surface area (Å²) in [5, 5.41) is 10.6. The van der Waals surface area contributed by atoms with Gasteiger partial charge in [0.15, 0.2) is 0 Å². The van der Waals surface area contributed by atoms with E-state index in [0.717, 1.165) is 51.4 Å². The van der Waals surface area contributed by atoms with Crippen molar-refractivity contribution in [3.05, 3.63) is 70.1 Å². The van der Waals surface area contributed by atoms with Crippen LogP contribution in [0.1, 0.15) is 110 Å². The number of carbonyl (C=O) groups excluding carboxylic acids is 1. The van der Waals surface area contributed by atoms with E-state index in [9.17, 15) is 9.90 Å². The summed E-state index contributed by atoms with van der Waals surface area (Å²) in [6, 6.07) is 0. The summed E-state index contributed by atoms with van der Waals surface area (Å²) >= 11 is 0. The van der Waals surface area contributed by atoms with Crippen molar-refractivity contribution in [2.24, 2.45) is 23.7 Å². The van der Waals surface area contributed by atoms with Crippen LogP contribution in [-0.4, -0.2) is 10.9 Å². The fourth-order valence-corrected chi connectivity index (χ4v) is 7.46. The zero-order valence-electron chi connectivity index (χ0n) is 22.4. The molecule has 5 aliphatic carbocycles. The predicted octanol–water partition coefficient (Wildman–Crippen LogP) is 9.42. The summed E-state index contributed by atoms with van der Waals surface area (Å²) in [7, 11) is 0. The highest BCUT2D eigenvalue weighted by Crippen LogP contribution is 2.46. The largest absolute Gasteiger partial charge is 0.512 e. The lowest BCUT2D eigenvalue weighted by Gasteiger charge is -2.33. The van der Waals surface area contributed by atoms with Gasteiger partial charge in [0.05, 0.1) is 5.76 Å². The molecule has 1 fully saturated rings. The normalized spacial score (nSPS) is 28.9. The second kappa shape index (κ2) is 12.0. The second-order valence-electron chi connectivity index (χ2n) is 12.3. The number of aliphatic hydroxyl groups is 1. The standard InChI is InChI=1S/C34H46O2/c1-24-14-19-31-28(22-29(23-33(24)31)32-12-5-6-13-34(32)36)17-15-26-10-7-11-27(20-26)16-18-30(35)21-25-8-3-2-4-9-25/h7,10-11,14,19,23,25-26,28,31,36H,2-6,8-9,12-13,15-18,20-22H2,1H3. The van der Waals surface area contributed by atoms with Crippen LogP contribution in [-0.2, 0) is 4.79 Å². The van der Waals surface area contributed by atoms with Crippen molar-refractivity contribution in [1.29, 1.82) is 0 Å². The first kappa shape index (κ1) is 25.6. The van der Waals surface area contributed by atoms with E-state index in [1.165, 1.54) is 79.2 Å². The number of rotatable bonds is 9. The first-order valence-electron chi connectivity index (χ1n) is 15.0. The molecule has 0 spiro atoms. The second-order valence-corrected chi connectivity index (χ2v) is 12.3. The van der Waals surface area contributed by atoms with Crippen molar-refractivity contribution in [2.45, 2.75) is 110 Å². The summed E-state index contributed by atoms with van der Waals surface area (Å²) in [6.45, 7) is 2.24. The van der Waals surface area contributed by atoms with Gasteiger partial charge in [-0.3, -0.25) is 4.79 Å². The van der Waals surface area contributed by atoms with Crippen molar-refractivity contribution >= 4 is 5.78 Å². The van der Waals surface area contributed by atoms with Crippen molar-refractivity contribution in [3.8, 4) is 0 Å². The molecule has 0 aromatic heterocycles. The Kier molecular flexibility index (Phi) is 8.50. The highest BCUT2D eigenvalue weighted by molar-refractivity contribution is 5.78. The maximum Gasteiger partial charge on any atom is 0.133 e. The highest BCUT2D eigenvalue weighted by Gasteiger charge is 2.33. The minimum absolute atomic E-state index is 0.485. The van der Waals surface area contributed by atoms with Crippen LogP contribution >= 0.6 is 0 Å². The molecule has 0 saturated heterocycles. The summed E-state index contributed by atoms with van der Waals surface area (Å²) in [5.74, 6) is 3.55. The zero-order chi connectivity index (χ0) is 24.9. The number of hydrogen-bond donors (Lipinski definition) is 1. The molecule has 2 heteroatoms. The number of carbonyl (C=O) groups is 1. The Balaban J connectivity index is 1.14. The lowest BCUT2D eigenvalue weighted by molar-refractivity contribution is -0.120. The summed E-state index contributed by atoms with van der Waals surface area (Å²) < 4.78 is 0. The van der Waals surface area contributed by atoms with Gasteiger partial charge in [0.25, 0.3) is 0 Å². The predicted molar refractivity (Wildman–Crippen MR) is 150 cm³/mol. The Hall–Kier alpha value is -2.09. The monoisotopic (exact) mass is 486 g/mol. The van der Waals surface area contributed by atoms with Gasteiger partial charge in [-0.2, -0.15) is 0 Å². The minimum Gasteiger partial charge on any atom is -0.512 e. The molecule has 5 rings (SSSR count). The smallest absolute Gasteiger partial charge is 0.133 e. The Morgan fingerprint density at radius 3 is 2.67 bits per heavy atom. The summed E-state index contributed by atoms with van der Waals surface area (Å²) in [4.78, 5) is 12.6. The molecule has 0 amide bonds. The third kappa shape index (κ3) is 6.24. The molecule has 3 atom stereocenters. The lowest BCUT2D eigenvalue weighted by Crippen LogP contribution is -2.21. The molecular weight excluding hydrogens is 440 g/mol. The van der Waals surface area contributed by atoms with Crippen LogP contribution in [0.25, 0.3) is 0 Å². The molecule has 1 N–H and O–H groups in total. The number of fused-ring (bicyclic) bond motifs is 1. The molecule has 0 aromatic carbocycles. The number of allylic oxidation sites excluding steroid dienone is 12. The molecular formula is C34H46O2. The number of hydrogen-bond acceptors (Lipinski definition) is 2. The highest BCUT2D eigenvalue weighted by atomic mass is 16.3. The molecule has 0 aliphatic heterocycles. The van der Waals surface area contributed by atoms with Crippen LogP contribution < -0.4 is 0 Å². The van der Waals surface area contributed by atoms with Gasteiger partial charge in [-0.25, -0.2) is 0 Å². The maximum atomic E-state index is 12.6. The van der Waals surface area contributed by atoms with Gasteiger partial charge in [-0.05, 0) is 98.3 Å². The van der Waals surface area contributed by atoms with E-state index in [4.69, 9.17) is 0 Å². The van der Waals surface area contributed by atoms with Gasteiger partial charge in [-0.1, -0.05) is 74.1 Å². The Bertz CT molecular complexity index is 1010. The van der Waals surface area contributed by atoms with E-state index in [0.29, 0.717) is 35.2 Å². The zero-order valence-corrected chi connectivity index (χ0v) is 22.4. The fourth-order valence-electron chi connectivity index (χ4n) is 7.46. The van der Waals surface area contributed by atoms with Crippen molar-refractivity contribution in [2.75, 3.05) is 0 Å². The van der Waals surface area contributed by atoms with E-state index in [1.807, 2.05) is 0 Å². The Morgan fingerprint density at radius 1 is 1.00 bits per heavy atom. The lowest BCUT2D eigenvalue weighted by atomic mass is 9.71. The minimum atomic E-state index is 0.485. The van der Waals surface area contributed by atoms with Crippen molar-refractivity contribution in [3.63, 3.8) is 0 Å². The Labute approximate surface area is 219 Å². The van der Waals surface area contributed by atoms with E-state index >= 15 is 0 Å². The molecule has 194 valence electrons. The first-order chi connectivity index (χ1) is 17.6. The van der Waals surface area contributed by atoms with Gasteiger partial charge in [-0.15, -0.1) is 0 Å². The molecule has 0 aromatic rings.